The number of nitrogens with zero attached hydrogens (tertiary/aromatic N) is 2. The summed E-state index contributed by atoms with van der Waals surface area (Å²) in [7, 11) is 2.10. The lowest BCUT2D eigenvalue weighted by molar-refractivity contribution is 0.0889. The molecule has 0 amide bonds. The lowest BCUT2D eigenvalue weighted by Gasteiger charge is -2.39. The van der Waals surface area contributed by atoms with Crippen LogP contribution in [0.2, 0.25) is 0 Å². The molecule has 0 radical (unpaired) electrons. The topological polar surface area (TPSA) is 26.7 Å². The molecule has 0 aromatic carbocycles. The average molecular weight is 196 g/mol. The van der Waals surface area contributed by atoms with Crippen LogP contribution in [-0.4, -0.2) is 54.2 Å². The minimum Gasteiger partial charge on any atom is -0.395 e. The number of likely N-dealkylation sites (N-methyl/N-ethyl adjacent to an activating group) is 1. The number of rotatable bonds is 2. The largest absolute Gasteiger partial charge is 0.395 e. The molecule has 3 nitrogen and oxygen atoms in total. The molecular weight excluding hydrogens is 176 g/mol. The summed E-state index contributed by atoms with van der Waals surface area (Å²) < 4.78 is 0. The van der Waals surface area contributed by atoms with Crippen molar-refractivity contribution in [2.45, 2.75) is 19.4 Å². The molecule has 2 rings (SSSR count). The van der Waals surface area contributed by atoms with Crippen LogP contribution >= 0.6 is 0 Å². The van der Waals surface area contributed by atoms with E-state index in [4.69, 9.17) is 0 Å². The fourth-order valence-electron chi connectivity index (χ4n) is 2.40. The molecule has 80 valence electrons. The molecule has 1 fully saturated rings. The molecule has 2 aliphatic rings. The molecule has 1 saturated heterocycles. The molecule has 14 heavy (non-hydrogen) atoms. The minimum atomic E-state index is 0.275. The van der Waals surface area contributed by atoms with Crippen molar-refractivity contribution in [3.05, 3.63) is 11.8 Å². The van der Waals surface area contributed by atoms with Crippen molar-refractivity contribution in [3.8, 4) is 0 Å². The Bertz CT molecular complexity index is 239. The molecular formula is C11H20N2O. The van der Waals surface area contributed by atoms with E-state index in [1.807, 2.05) is 0 Å². The fraction of sp³-hybridized carbons (Fsp3) is 0.818. The third-order valence-electron chi connectivity index (χ3n) is 3.49. The van der Waals surface area contributed by atoms with Crippen molar-refractivity contribution in [1.82, 2.24) is 9.80 Å². The molecule has 2 aliphatic heterocycles. The summed E-state index contributed by atoms with van der Waals surface area (Å²) in [6, 6.07) is 0.322. The van der Waals surface area contributed by atoms with Crippen LogP contribution in [0.1, 0.15) is 13.3 Å². The van der Waals surface area contributed by atoms with E-state index in [1.165, 1.54) is 12.1 Å². The van der Waals surface area contributed by atoms with Gasteiger partial charge in [-0.25, -0.2) is 0 Å². The Morgan fingerprint density at radius 2 is 2.29 bits per heavy atom. The fourth-order valence-corrected chi connectivity index (χ4v) is 2.40. The van der Waals surface area contributed by atoms with E-state index in [2.05, 4.69) is 29.8 Å². The van der Waals surface area contributed by atoms with Gasteiger partial charge in [-0.3, -0.25) is 4.90 Å². The number of aliphatic hydroxyl groups is 1. The van der Waals surface area contributed by atoms with Gasteiger partial charge in [0.1, 0.15) is 0 Å². The Morgan fingerprint density at radius 3 is 2.93 bits per heavy atom. The second-order valence-electron chi connectivity index (χ2n) is 4.48. The van der Waals surface area contributed by atoms with Crippen LogP contribution in [0.25, 0.3) is 0 Å². The zero-order chi connectivity index (χ0) is 10.1. The van der Waals surface area contributed by atoms with Crippen molar-refractivity contribution >= 4 is 0 Å². The zero-order valence-corrected chi connectivity index (χ0v) is 9.11. The first-order chi connectivity index (χ1) is 6.74. The van der Waals surface area contributed by atoms with Gasteiger partial charge in [-0.2, -0.15) is 0 Å². The number of hydrogen-bond donors (Lipinski definition) is 1. The maximum atomic E-state index is 9.22. The van der Waals surface area contributed by atoms with E-state index < -0.39 is 0 Å². The van der Waals surface area contributed by atoms with Crippen molar-refractivity contribution in [3.63, 3.8) is 0 Å². The lowest BCUT2D eigenvalue weighted by Crippen LogP contribution is -2.50. The number of piperazine rings is 1. The number of hydrogen-bond acceptors (Lipinski definition) is 3. The molecule has 3 heteroatoms. The molecule has 0 saturated carbocycles. The van der Waals surface area contributed by atoms with Gasteiger partial charge in [0.25, 0.3) is 0 Å². The zero-order valence-electron chi connectivity index (χ0n) is 9.11. The van der Waals surface area contributed by atoms with Crippen LogP contribution < -0.4 is 0 Å². The maximum absolute atomic E-state index is 9.22. The van der Waals surface area contributed by atoms with Crippen LogP contribution in [0.3, 0.4) is 0 Å². The van der Waals surface area contributed by atoms with E-state index in [9.17, 15) is 5.11 Å². The third kappa shape index (κ3) is 1.66. The molecule has 1 N–H and O–H groups in total. The summed E-state index contributed by atoms with van der Waals surface area (Å²) in [4.78, 5) is 4.69. The molecule has 0 aromatic heterocycles. The predicted octanol–water partition coefficient (Wildman–Crippen LogP) is 0.518. The normalized spacial score (nSPS) is 33.1. The lowest BCUT2D eigenvalue weighted by atomic mass is 10.1. The van der Waals surface area contributed by atoms with Crippen molar-refractivity contribution in [2.75, 3.05) is 33.3 Å². The molecule has 2 heterocycles. The highest BCUT2D eigenvalue weighted by Crippen LogP contribution is 2.27. The summed E-state index contributed by atoms with van der Waals surface area (Å²) in [6.07, 6.45) is 3.64. The smallest absolute Gasteiger partial charge is 0.0604 e. The number of aliphatic hydroxyl groups excluding tert-OH is 1. The SMILES string of the molecule is CCC1C=C2CN(C)[C@@H](CO)CN2C1. The third-order valence-corrected chi connectivity index (χ3v) is 3.49. The van der Waals surface area contributed by atoms with Gasteiger partial charge in [-0.05, 0) is 19.4 Å². The van der Waals surface area contributed by atoms with Gasteiger partial charge >= 0.3 is 0 Å². The summed E-state index contributed by atoms with van der Waals surface area (Å²) in [5, 5.41) is 9.22. The Morgan fingerprint density at radius 1 is 1.50 bits per heavy atom. The predicted molar refractivity (Wildman–Crippen MR) is 56.9 cm³/mol. The minimum absolute atomic E-state index is 0.275. The Balaban J connectivity index is 2.04. The van der Waals surface area contributed by atoms with E-state index >= 15 is 0 Å². The molecule has 1 unspecified atom stereocenters. The van der Waals surface area contributed by atoms with Crippen LogP contribution in [0, 0.1) is 5.92 Å². The highest BCUT2D eigenvalue weighted by Gasteiger charge is 2.31. The van der Waals surface area contributed by atoms with Crippen LogP contribution in [0.4, 0.5) is 0 Å². The molecule has 0 aliphatic carbocycles. The second kappa shape index (κ2) is 3.91. The van der Waals surface area contributed by atoms with Gasteiger partial charge in [0.15, 0.2) is 0 Å². The highest BCUT2D eigenvalue weighted by atomic mass is 16.3. The van der Waals surface area contributed by atoms with Crippen LogP contribution in [-0.2, 0) is 0 Å². The first kappa shape index (κ1) is 9.99. The van der Waals surface area contributed by atoms with Crippen molar-refractivity contribution in [2.24, 2.45) is 5.92 Å². The molecule has 0 aromatic rings. The maximum Gasteiger partial charge on any atom is 0.0604 e. The summed E-state index contributed by atoms with van der Waals surface area (Å²) in [5.41, 5.74) is 1.46. The summed E-state index contributed by atoms with van der Waals surface area (Å²) in [6.45, 7) is 5.68. The summed E-state index contributed by atoms with van der Waals surface area (Å²) in [5.74, 6) is 0.732. The highest BCUT2D eigenvalue weighted by molar-refractivity contribution is 5.16. The van der Waals surface area contributed by atoms with E-state index in [0.717, 1.165) is 25.6 Å². The van der Waals surface area contributed by atoms with Gasteiger partial charge in [0.2, 0.25) is 0 Å². The van der Waals surface area contributed by atoms with Gasteiger partial charge in [-0.15, -0.1) is 0 Å². The number of fused-ring (bicyclic) bond motifs is 1. The second-order valence-corrected chi connectivity index (χ2v) is 4.48. The first-order valence-corrected chi connectivity index (χ1v) is 5.51. The standard InChI is InChI=1S/C11H20N2O/c1-3-9-4-10-6-12(2)11(8-14)7-13(10)5-9/h4,9,11,14H,3,5-8H2,1-2H3/t9?,11-/m1/s1. The molecule has 0 bridgehead atoms. The average Bonchev–Trinajstić information content (AvgIpc) is 2.58. The first-order valence-electron chi connectivity index (χ1n) is 5.51. The Labute approximate surface area is 86.0 Å². The monoisotopic (exact) mass is 196 g/mol. The van der Waals surface area contributed by atoms with Crippen molar-refractivity contribution in [1.29, 1.82) is 0 Å². The van der Waals surface area contributed by atoms with Crippen molar-refractivity contribution < 1.29 is 5.11 Å². The van der Waals surface area contributed by atoms with Gasteiger partial charge < -0.3 is 10.0 Å². The molecule has 2 atom stereocenters. The summed E-state index contributed by atoms with van der Waals surface area (Å²) >= 11 is 0. The van der Waals surface area contributed by atoms with Gasteiger partial charge in [0, 0.05) is 25.3 Å². The van der Waals surface area contributed by atoms with Gasteiger partial charge in [-0.1, -0.05) is 13.0 Å². The van der Waals surface area contributed by atoms with E-state index in [0.29, 0.717) is 6.04 Å². The molecule has 0 spiro atoms. The quantitative estimate of drug-likeness (QED) is 0.697. The van der Waals surface area contributed by atoms with E-state index in [1.54, 1.807) is 0 Å². The van der Waals surface area contributed by atoms with Crippen LogP contribution in [0.15, 0.2) is 11.8 Å². The van der Waals surface area contributed by atoms with Gasteiger partial charge in [0.05, 0.1) is 12.6 Å². The van der Waals surface area contributed by atoms with Crippen LogP contribution in [0.5, 0.6) is 0 Å². The Hall–Kier alpha value is -0.540. The Kier molecular flexibility index (Phi) is 2.79. The van der Waals surface area contributed by atoms with E-state index in [-0.39, 0.29) is 6.61 Å².